The average Bonchev–Trinajstić information content (AvgIpc) is 2.78. The first kappa shape index (κ1) is 19.9. The molecule has 0 saturated carbocycles. The van der Waals surface area contributed by atoms with E-state index in [1.165, 1.54) is 0 Å². The van der Waals surface area contributed by atoms with Gasteiger partial charge in [-0.15, -0.1) is 0 Å². The molecule has 0 radical (unpaired) electrons. The maximum Gasteiger partial charge on any atom is 0.410 e. The number of ether oxygens (including phenoxy) is 1. The van der Waals surface area contributed by atoms with Crippen LogP contribution >= 0.6 is 0 Å². The van der Waals surface area contributed by atoms with E-state index in [0.29, 0.717) is 24.9 Å². The van der Waals surface area contributed by atoms with Crippen LogP contribution < -0.4 is 5.63 Å². The molecule has 1 unspecified atom stereocenters. The molecule has 1 aliphatic rings. The van der Waals surface area contributed by atoms with Crippen molar-refractivity contribution in [3.05, 3.63) is 88.0 Å². The molecular weight excluding hydrogens is 382 g/mol. The van der Waals surface area contributed by atoms with Gasteiger partial charge >= 0.3 is 11.7 Å². The largest absolute Gasteiger partial charge is 0.445 e. The number of hydrogen-bond acceptors (Lipinski definition) is 5. The van der Waals surface area contributed by atoms with Crippen molar-refractivity contribution < 1.29 is 19.1 Å². The van der Waals surface area contributed by atoms with Crippen molar-refractivity contribution >= 4 is 22.4 Å². The van der Waals surface area contributed by atoms with E-state index in [2.05, 4.69) is 0 Å². The van der Waals surface area contributed by atoms with Gasteiger partial charge in [-0.3, -0.25) is 0 Å². The zero-order chi connectivity index (χ0) is 21.1. The van der Waals surface area contributed by atoms with Crippen LogP contribution in [0, 0.1) is 0 Å². The van der Waals surface area contributed by atoms with Gasteiger partial charge in [0.25, 0.3) is 0 Å². The zero-order valence-corrected chi connectivity index (χ0v) is 16.7. The number of hydrogen-bond donors (Lipinski definition) is 1. The number of carbonyl (C=O) groups excluding carboxylic acids is 1. The third-order valence-corrected chi connectivity index (χ3v) is 5.24. The Balaban J connectivity index is 1.57. The highest BCUT2D eigenvalue weighted by Crippen LogP contribution is 2.33. The molecule has 1 N–H and O–H groups in total. The predicted octanol–water partition coefficient (Wildman–Crippen LogP) is 4.27. The average molecular weight is 405 g/mol. The van der Waals surface area contributed by atoms with Crippen LogP contribution in [0.2, 0.25) is 0 Å². The molecule has 30 heavy (non-hydrogen) atoms. The lowest BCUT2D eigenvalue weighted by atomic mass is 9.93. The molecule has 6 heteroatoms. The summed E-state index contributed by atoms with van der Waals surface area (Å²) in [4.78, 5) is 26.4. The number of rotatable bonds is 4. The highest BCUT2D eigenvalue weighted by molar-refractivity contribution is 5.94. The summed E-state index contributed by atoms with van der Waals surface area (Å²) in [6, 6.07) is 16.8. The Morgan fingerprint density at radius 2 is 1.83 bits per heavy atom. The number of benzene rings is 2. The van der Waals surface area contributed by atoms with Gasteiger partial charge in [-0.1, -0.05) is 54.6 Å². The number of amides is 1. The Bertz CT molecular complexity index is 1150. The highest BCUT2D eigenvalue weighted by atomic mass is 16.6. The summed E-state index contributed by atoms with van der Waals surface area (Å²) in [6.07, 6.45) is 1.21. The van der Waals surface area contributed by atoms with Gasteiger partial charge in [-0.25, -0.2) is 9.59 Å². The maximum atomic E-state index is 12.4. The van der Waals surface area contributed by atoms with Crippen LogP contribution in [0.1, 0.15) is 36.3 Å². The van der Waals surface area contributed by atoms with Crippen LogP contribution in [0.15, 0.2) is 69.9 Å². The van der Waals surface area contributed by atoms with Gasteiger partial charge in [0.1, 0.15) is 18.5 Å². The van der Waals surface area contributed by atoms with E-state index in [1.54, 1.807) is 24.0 Å². The number of aliphatic hydroxyl groups excluding tert-OH is 1. The minimum Gasteiger partial charge on any atom is -0.445 e. The van der Waals surface area contributed by atoms with Gasteiger partial charge in [0.15, 0.2) is 0 Å². The summed E-state index contributed by atoms with van der Waals surface area (Å²) in [5, 5.41) is 11.4. The van der Waals surface area contributed by atoms with Gasteiger partial charge in [0.05, 0.1) is 5.39 Å². The van der Waals surface area contributed by atoms with Gasteiger partial charge in [0.2, 0.25) is 0 Å². The fourth-order valence-electron chi connectivity index (χ4n) is 3.72. The molecule has 2 heterocycles. The van der Waals surface area contributed by atoms with E-state index in [4.69, 9.17) is 9.15 Å². The molecule has 2 aromatic carbocycles. The lowest BCUT2D eigenvalue weighted by Crippen LogP contribution is -2.35. The van der Waals surface area contributed by atoms with E-state index >= 15 is 0 Å². The predicted molar refractivity (Wildman–Crippen MR) is 114 cm³/mol. The van der Waals surface area contributed by atoms with Crippen LogP contribution in [0.3, 0.4) is 0 Å². The van der Waals surface area contributed by atoms with Gasteiger partial charge in [-0.05, 0) is 35.9 Å². The lowest BCUT2D eigenvalue weighted by Gasteiger charge is -2.27. The van der Waals surface area contributed by atoms with Crippen LogP contribution in [0.4, 0.5) is 4.79 Å². The quantitative estimate of drug-likeness (QED) is 0.701. The van der Waals surface area contributed by atoms with Crippen LogP contribution in [-0.4, -0.2) is 29.2 Å². The Morgan fingerprint density at radius 3 is 2.50 bits per heavy atom. The first-order valence-electron chi connectivity index (χ1n) is 9.93. The van der Waals surface area contributed by atoms with Crippen molar-refractivity contribution in [1.29, 1.82) is 0 Å². The molecule has 1 atom stereocenters. The lowest BCUT2D eigenvalue weighted by molar-refractivity contribution is 0.0998. The molecule has 3 aromatic rings. The van der Waals surface area contributed by atoms with E-state index < -0.39 is 11.7 Å². The van der Waals surface area contributed by atoms with Gasteiger partial charge < -0.3 is 19.2 Å². The molecule has 1 aliphatic heterocycles. The minimum absolute atomic E-state index is 0.230. The number of carbonyl (C=O) groups is 1. The van der Waals surface area contributed by atoms with Crippen LogP contribution in [0.25, 0.3) is 16.3 Å². The molecule has 1 aromatic heterocycles. The van der Waals surface area contributed by atoms with Crippen molar-refractivity contribution in [2.45, 2.75) is 26.1 Å². The van der Waals surface area contributed by atoms with Gasteiger partial charge in [0, 0.05) is 18.7 Å². The molecule has 0 fully saturated rings. The second-order valence-corrected chi connectivity index (χ2v) is 7.32. The van der Waals surface area contributed by atoms with Crippen LogP contribution in [0.5, 0.6) is 0 Å². The second-order valence-electron chi connectivity index (χ2n) is 7.32. The topological polar surface area (TPSA) is 80.0 Å². The van der Waals surface area contributed by atoms with Gasteiger partial charge in [-0.2, -0.15) is 0 Å². The summed E-state index contributed by atoms with van der Waals surface area (Å²) in [5.41, 5.74) is 2.15. The van der Waals surface area contributed by atoms with Crippen molar-refractivity contribution in [2.75, 3.05) is 13.1 Å². The number of fused-ring (bicyclic) bond motifs is 1. The molecule has 0 bridgehead atoms. The number of aliphatic hydroxyl groups is 1. The molecule has 154 valence electrons. The fraction of sp³-hybridized carbons (Fsp3) is 0.250. The molecular formula is C24H23NO5. The standard InChI is InChI=1S/C24H23NO5/c1-16(26)22-21(19-9-5-6-10-20(19)23(27)30-22)18-11-13-25(14-12-18)24(28)29-15-17-7-3-2-4-8-17/h2-11,16,26H,12-15H2,1H3. The second kappa shape index (κ2) is 8.55. The summed E-state index contributed by atoms with van der Waals surface area (Å²) in [7, 11) is 0. The normalized spacial score (nSPS) is 15.0. The Morgan fingerprint density at radius 1 is 1.13 bits per heavy atom. The monoisotopic (exact) mass is 405 g/mol. The van der Waals surface area contributed by atoms with E-state index in [1.807, 2.05) is 48.5 Å². The SMILES string of the molecule is CC(O)c1oc(=O)c2ccccc2c1C1=CCN(C(=O)OCc2ccccc2)CC1. The summed E-state index contributed by atoms with van der Waals surface area (Å²) < 4.78 is 10.9. The van der Waals surface area contributed by atoms with E-state index in [9.17, 15) is 14.7 Å². The first-order chi connectivity index (χ1) is 14.5. The molecule has 0 saturated heterocycles. The van der Waals surface area contributed by atoms with E-state index in [-0.39, 0.29) is 18.5 Å². The van der Waals surface area contributed by atoms with Crippen LogP contribution in [-0.2, 0) is 11.3 Å². The van der Waals surface area contributed by atoms with Crippen molar-refractivity contribution in [3.8, 4) is 0 Å². The van der Waals surface area contributed by atoms with E-state index in [0.717, 1.165) is 22.1 Å². The maximum absolute atomic E-state index is 12.4. The first-order valence-corrected chi connectivity index (χ1v) is 9.93. The zero-order valence-electron chi connectivity index (χ0n) is 16.7. The Hall–Kier alpha value is -3.38. The smallest absolute Gasteiger partial charge is 0.410 e. The summed E-state index contributed by atoms with van der Waals surface area (Å²) >= 11 is 0. The highest BCUT2D eigenvalue weighted by Gasteiger charge is 2.24. The minimum atomic E-state index is -0.924. The fourth-order valence-corrected chi connectivity index (χ4v) is 3.72. The van der Waals surface area contributed by atoms with Crippen molar-refractivity contribution in [3.63, 3.8) is 0 Å². The third kappa shape index (κ3) is 4.00. The molecule has 6 nitrogen and oxygen atoms in total. The summed E-state index contributed by atoms with van der Waals surface area (Å²) in [5.74, 6) is 0.255. The number of nitrogens with zero attached hydrogens (tertiary/aromatic N) is 1. The van der Waals surface area contributed by atoms with Crippen molar-refractivity contribution in [2.24, 2.45) is 0 Å². The Labute approximate surface area is 174 Å². The third-order valence-electron chi connectivity index (χ3n) is 5.24. The van der Waals surface area contributed by atoms with Crippen molar-refractivity contribution in [1.82, 2.24) is 4.90 Å². The Kier molecular flexibility index (Phi) is 5.68. The summed E-state index contributed by atoms with van der Waals surface area (Å²) in [6.45, 7) is 2.67. The molecule has 1 amide bonds. The molecule has 4 rings (SSSR count). The molecule has 0 spiro atoms. The molecule has 0 aliphatic carbocycles.